The van der Waals surface area contributed by atoms with E-state index >= 15 is 0 Å². The highest BCUT2D eigenvalue weighted by Crippen LogP contribution is 2.46. The second-order valence-electron chi connectivity index (χ2n) is 3.78. The topological polar surface area (TPSA) is 38.7 Å². The number of ether oxygens (including phenoxy) is 1. The molecule has 1 aliphatic heterocycles. The van der Waals surface area contributed by atoms with Gasteiger partial charge in [0.2, 0.25) is 0 Å². The molecule has 2 rings (SSSR count). The molecule has 7 heteroatoms. The number of hydrogen-bond donors (Lipinski definition) is 1. The molecule has 0 aromatic carbocycles. The van der Waals surface area contributed by atoms with Crippen molar-refractivity contribution in [3.8, 4) is 0 Å². The summed E-state index contributed by atoms with van der Waals surface area (Å²) < 4.78 is 47.3. The molecule has 1 N–H and O–H groups in total. The van der Waals surface area contributed by atoms with Crippen LogP contribution in [0.4, 0.5) is 13.2 Å². The molecule has 1 saturated heterocycles. The van der Waals surface area contributed by atoms with Crippen molar-refractivity contribution in [3.05, 3.63) is 11.6 Å². The van der Waals surface area contributed by atoms with Crippen LogP contribution in [0.2, 0.25) is 0 Å². The van der Waals surface area contributed by atoms with Crippen molar-refractivity contribution < 1.29 is 27.6 Å². The Balaban J connectivity index is 2.22. The average molecular weight is 222 g/mol. The Morgan fingerprint density at radius 2 is 2.33 bits per heavy atom. The van der Waals surface area contributed by atoms with E-state index in [2.05, 4.69) is 0 Å². The fourth-order valence-corrected chi connectivity index (χ4v) is 2.07. The lowest BCUT2D eigenvalue weighted by molar-refractivity contribution is -0.149. The van der Waals surface area contributed by atoms with E-state index in [-0.39, 0.29) is 12.8 Å². The van der Waals surface area contributed by atoms with Gasteiger partial charge in [-0.1, -0.05) is 6.08 Å². The van der Waals surface area contributed by atoms with Crippen LogP contribution < -0.4 is 0 Å². The maximum atomic E-state index is 12.5. The maximum Gasteiger partial charge on any atom is 0.491 e. The van der Waals surface area contributed by atoms with Crippen LogP contribution in [0.3, 0.4) is 0 Å². The number of methoxy groups -OCH3 is 1. The van der Waals surface area contributed by atoms with Gasteiger partial charge in [0, 0.05) is 19.1 Å². The Labute approximate surface area is 85.0 Å². The Morgan fingerprint density at radius 1 is 1.67 bits per heavy atom. The van der Waals surface area contributed by atoms with Gasteiger partial charge in [0.05, 0.1) is 6.10 Å². The standard InChI is InChI=1S/C8H10BF3O3/c1-14-7-4-5(8(10,11)12)2-3-6(7)15-9(7)13/h2,6,13H,3-4H2,1H3. The van der Waals surface area contributed by atoms with Crippen molar-refractivity contribution in [1.82, 2.24) is 0 Å². The van der Waals surface area contributed by atoms with E-state index in [4.69, 9.17) is 9.39 Å². The molecule has 0 saturated carbocycles. The molecule has 0 amide bonds. The van der Waals surface area contributed by atoms with Crippen molar-refractivity contribution in [1.29, 1.82) is 0 Å². The predicted molar refractivity (Wildman–Crippen MR) is 46.0 cm³/mol. The molecule has 3 nitrogen and oxygen atoms in total. The summed E-state index contributed by atoms with van der Waals surface area (Å²) in [6, 6.07) is 0. The quantitative estimate of drug-likeness (QED) is 0.532. The molecule has 0 bridgehead atoms. The molecular formula is C8H10BF3O3. The highest BCUT2D eigenvalue weighted by molar-refractivity contribution is 6.50. The minimum absolute atomic E-state index is 0.125. The summed E-state index contributed by atoms with van der Waals surface area (Å²) in [6.07, 6.45) is -3.94. The van der Waals surface area contributed by atoms with Crippen LogP contribution in [0.5, 0.6) is 0 Å². The van der Waals surface area contributed by atoms with Crippen molar-refractivity contribution >= 4 is 7.12 Å². The first-order valence-electron chi connectivity index (χ1n) is 4.55. The summed E-state index contributed by atoms with van der Waals surface area (Å²) in [4.78, 5) is 0. The van der Waals surface area contributed by atoms with Crippen molar-refractivity contribution in [3.63, 3.8) is 0 Å². The minimum atomic E-state index is -4.36. The van der Waals surface area contributed by atoms with Crippen LogP contribution in [0.15, 0.2) is 11.6 Å². The molecule has 1 aliphatic carbocycles. The van der Waals surface area contributed by atoms with Gasteiger partial charge in [0.15, 0.2) is 0 Å². The van der Waals surface area contributed by atoms with E-state index < -0.39 is 30.5 Å². The molecule has 15 heavy (non-hydrogen) atoms. The molecule has 0 spiro atoms. The normalized spacial score (nSPS) is 35.7. The monoisotopic (exact) mass is 222 g/mol. The number of alkyl halides is 3. The number of halogens is 3. The zero-order valence-electron chi connectivity index (χ0n) is 8.04. The van der Waals surface area contributed by atoms with Gasteiger partial charge in [-0.2, -0.15) is 13.2 Å². The highest BCUT2D eigenvalue weighted by Gasteiger charge is 2.64. The van der Waals surface area contributed by atoms with Crippen molar-refractivity contribution in [2.75, 3.05) is 7.11 Å². The van der Waals surface area contributed by atoms with Crippen LogP contribution in [-0.4, -0.2) is 37.0 Å². The largest absolute Gasteiger partial charge is 0.491 e. The van der Waals surface area contributed by atoms with Crippen LogP contribution in [0.1, 0.15) is 12.8 Å². The predicted octanol–water partition coefficient (Wildman–Crippen LogP) is 1.07. The summed E-state index contributed by atoms with van der Waals surface area (Å²) >= 11 is 0. The van der Waals surface area contributed by atoms with Gasteiger partial charge in [-0.15, -0.1) is 0 Å². The molecule has 2 atom stereocenters. The summed E-state index contributed by atoms with van der Waals surface area (Å²) in [5.74, 6) is 0. The third-order valence-electron chi connectivity index (χ3n) is 3.05. The molecule has 84 valence electrons. The third-order valence-corrected chi connectivity index (χ3v) is 3.05. The van der Waals surface area contributed by atoms with Crippen molar-refractivity contribution in [2.24, 2.45) is 0 Å². The fraction of sp³-hybridized carbons (Fsp3) is 0.750. The molecule has 2 unspecified atom stereocenters. The molecule has 2 aliphatic rings. The minimum Gasteiger partial charge on any atom is -0.425 e. The summed E-state index contributed by atoms with van der Waals surface area (Å²) in [5, 5.41) is 9.34. The molecule has 0 radical (unpaired) electrons. The lowest BCUT2D eigenvalue weighted by Gasteiger charge is -2.51. The van der Waals surface area contributed by atoms with E-state index in [9.17, 15) is 18.2 Å². The van der Waals surface area contributed by atoms with Crippen LogP contribution >= 0.6 is 0 Å². The Hall–Kier alpha value is -0.525. The summed E-state index contributed by atoms with van der Waals surface area (Å²) in [5.41, 5.74) is -1.86. The molecular weight excluding hydrogens is 212 g/mol. The van der Waals surface area contributed by atoms with Crippen LogP contribution in [0.25, 0.3) is 0 Å². The summed E-state index contributed by atoms with van der Waals surface area (Å²) in [6.45, 7) is 0. The van der Waals surface area contributed by atoms with Gasteiger partial charge < -0.3 is 14.4 Å². The van der Waals surface area contributed by atoms with Gasteiger partial charge in [0.1, 0.15) is 5.50 Å². The Bertz CT molecular complexity index is 304. The molecule has 1 heterocycles. The SMILES string of the molecule is COC12CC(C(F)(F)F)=CCC1OB2O. The fourth-order valence-electron chi connectivity index (χ4n) is 2.07. The van der Waals surface area contributed by atoms with E-state index in [0.717, 1.165) is 6.08 Å². The third kappa shape index (κ3) is 1.49. The van der Waals surface area contributed by atoms with Gasteiger partial charge in [-0.3, -0.25) is 0 Å². The zero-order chi connectivity index (χ0) is 11.3. The second kappa shape index (κ2) is 3.23. The maximum absolute atomic E-state index is 12.5. The Kier molecular flexibility index (Phi) is 2.36. The Morgan fingerprint density at radius 3 is 2.80 bits per heavy atom. The lowest BCUT2D eigenvalue weighted by atomic mass is 9.52. The summed E-state index contributed by atoms with van der Waals surface area (Å²) in [7, 11) is 0.0245. The van der Waals surface area contributed by atoms with Gasteiger partial charge in [0.25, 0.3) is 0 Å². The number of hydrogen-bond acceptors (Lipinski definition) is 3. The molecule has 0 aromatic heterocycles. The average Bonchev–Trinajstić information content (AvgIpc) is 2.14. The van der Waals surface area contributed by atoms with Crippen LogP contribution in [0, 0.1) is 0 Å². The van der Waals surface area contributed by atoms with Crippen LogP contribution in [-0.2, 0) is 9.39 Å². The molecule has 1 fully saturated rings. The second-order valence-corrected chi connectivity index (χ2v) is 3.78. The first kappa shape index (κ1) is 11.0. The highest BCUT2D eigenvalue weighted by atomic mass is 19.4. The van der Waals surface area contributed by atoms with Gasteiger partial charge in [-0.25, -0.2) is 0 Å². The first-order chi connectivity index (χ1) is 6.90. The van der Waals surface area contributed by atoms with E-state index in [1.165, 1.54) is 7.11 Å². The van der Waals surface area contributed by atoms with Gasteiger partial charge >= 0.3 is 13.3 Å². The van der Waals surface area contributed by atoms with E-state index in [0.29, 0.717) is 0 Å². The van der Waals surface area contributed by atoms with E-state index in [1.54, 1.807) is 0 Å². The first-order valence-corrected chi connectivity index (χ1v) is 4.55. The number of rotatable bonds is 1. The van der Waals surface area contributed by atoms with E-state index in [1.807, 2.05) is 0 Å². The van der Waals surface area contributed by atoms with Gasteiger partial charge in [-0.05, 0) is 6.42 Å². The smallest absolute Gasteiger partial charge is 0.425 e. The number of fused-ring (bicyclic) bond motifs is 1. The lowest BCUT2D eigenvalue weighted by Crippen LogP contribution is -2.71. The van der Waals surface area contributed by atoms with Crippen molar-refractivity contribution in [2.45, 2.75) is 30.6 Å². The zero-order valence-corrected chi connectivity index (χ0v) is 8.04. The molecule has 0 aromatic rings.